The smallest absolute Gasteiger partial charge is 0.264 e. The van der Waals surface area contributed by atoms with Gasteiger partial charge in [-0.3, -0.25) is 9.10 Å². The molecule has 0 radical (unpaired) electrons. The number of amides is 1. The summed E-state index contributed by atoms with van der Waals surface area (Å²) in [6.07, 6.45) is 2.43. The zero-order valence-corrected chi connectivity index (χ0v) is 20.0. The zero-order chi connectivity index (χ0) is 22.1. The Hall–Kier alpha value is -2.23. The molecule has 1 amide bonds. The predicted molar refractivity (Wildman–Crippen MR) is 128 cm³/mol. The number of carbonyl (C=O) groups excluding carboxylic acids is 1. The molecule has 164 valence electrons. The highest BCUT2D eigenvalue weighted by molar-refractivity contribution is 9.10. The van der Waals surface area contributed by atoms with Crippen molar-refractivity contribution in [3.05, 3.63) is 83.2 Å². The molecule has 3 aromatic rings. The van der Waals surface area contributed by atoms with E-state index in [1.165, 1.54) is 12.1 Å². The topological polar surface area (TPSA) is 79.6 Å². The fraction of sp³-hybridized carbons (Fsp3) is 0.227. The fourth-order valence-corrected chi connectivity index (χ4v) is 5.36. The van der Waals surface area contributed by atoms with Crippen LogP contribution in [0.4, 0.5) is 5.69 Å². The highest BCUT2D eigenvalue weighted by atomic mass is 79.9. The van der Waals surface area contributed by atoms with E-state index in [1.807, 2.05) is 12.1 Å². The SMILES string of the molecule is O=C(CN(c1ccc(Br)cc1)S(=O)(=O)c1ccccc1)NCCCSCc1ccco1. The van der Waals surface area contributed by atoms with Crippen LogP contribution in [0.3, 0.4) is 0 Å². The monoisotopic (exact) mass is 522 g/mol. The van der Waals surface area contributed by atoms with E-state index in [1.54, 1.807) is 60.5 Å². The number of furan rings is 1. The van der Waals surface area contributed by atoms with Gasteiger partial charge in [0.2, 0.25) is 5.91 Å². The average Bonchev–Trinajstić information content (AvgIpc) is 3.29. The number of halogens is 1. The predicted octanol–water partition coefficient (Wildman–Crippen LogP) is 4.68. The lowest BCUT2D eigenvalue weighted by Crippen LogP contribution is -2.41. The highest BCUT2D eigenvalue weighted by Gasteiger charge is 2.26. The molecule has 2 aromatic carbocycles. The third-order valence-electron chi connectivity index (χ3n) is 4.35. The maximum Gasteiger partial charge on any atom is 0.264 e. The third kappa shape index (κ3) is 6.88. The maximum absolute atomic E-state index is 13.2. The van der Waals surface area contributed by atoms with Crippen LogP contribution in [-0.2, 0) is 20.6 Å². The summed E-state index contributed by atoms with van der Waals surface area (Å²) < 4.78 is 33.6. The summed E-state index contributed by atoms with van der Waals surface area (Å²) in [4.78, 5) is 12.7. The Labute approximate surface area is 195 Å². The van der Waals surface area contributed by atoms with Gasteiger partial charge in [0, 0.05) is 11.0 Å². The summed E-state index contributed by atoms with van der Waals surface area (Å²) >= 11 is 5.07. The first-order valence-corrected chi connectivity index (χ1v) is 13.1. The lowest BCUT2D eigenvalue weighted by atomic mass is 10.3. The number of hydrogen-bond donors (Lipinski definition) is 1. The Bertz CT molecular complexity index is 1060. The molecule has 0 aliphatic rings. The first kappa shape index (κ1) is 23.4. The van der Waals surface area contributed by atoms with Crippen molar-refractivity contribution in [2.24, 2.45) is 0 Å². The highest BCUT2D eigenvalue weighted by Crippen LogP contribution is 2.25. The van der Waals surface area contributed by atoms with E-state index >= 15 is 0 Å². The summed E-state index contributed by atoms with van der Waals surface area (Å²) in [5.74, 6) is 2.22. The van der Waals surface area contributed by atoms with Gasteiger partial charge in [-0.1, -0.05) is 34.1 Å². The van der Waals surface area contributed by atoms with Crippen molar-refractivity contribution in [1.29, 1.82) is 0 Å². The molecule has 0 unspecified atom stereocenters. The fourth-order valence-electron chi connectivity index (χ4n) is 2.80. The minimum Gasteiger partial charge on any atom is -0.468 e. The molecule has 0 aliphatic carbocycles. The second-order valence-electron chi connectivity index (χ2n) is 6.64. The van der Waals surface area contributed by atoms with Crippen molar-refractivity contribution in [3.8, 4) is 0 Å². The number of sulfonamides is 1. The zero-order valence-electron chi connectivity index (χ0n) is 16.7. The van der Waals surface area contributed by atoms with Crippen LogP contribution in [0.5, 0.6) is 0 Å². The molecule has 0 spiro atoms. The van der Waals surface area contributed by atoms with Gasteiger partial charge in [0.1, 0.15) is 12.3 Å². The summed E-state index contributed by atoms with van der Waals surface area (Å²) in [7, 11) is -3.88. The number of carbonyl (C=O) groups is 1. The molecule has 0 saturated carbocycles. The molecule has 0 atom stereocenters. The number of benzene rings is 2. The standard InChI is InChI=1S/C22H23BrN2O4S2/c23-18-9-11-19(12-10-18)25(31(27,28)21-7-2-1-3-8-21)16-22(26)24-13-5-15-30-17-20-6-4-14-29-20/h1-4,6-12,14H,5,13,15-17H2,(H,24,26). The van der Waals surface area contributed by atoms with Crippen molar-refractivity contribution in [3.63, 3.8) is 0 Å². The van der Waals surface area contributed by atoms with E-state index in [9.17, 15) is 13.2 Å². The number of anilines is 1. The van der Waals surface area contributed by atoms with Crippen LogP contribution in [0.15, 0.2) is 86.8 Å². The molecule has 0 bridgehead atoms. The van der Waals surface area contributed by atoms with Crippen LogP contribution in [-0.4, -0.2) is 33.2 Å². The van der Waals surface area contributed by atoms with Gasteiger partial charge < -0.3 is 9.73 Å². The Morgan fingerprint density at radius 1 is 1.03 bits per heavy atom. The molecule has 9 heteroatoms. The molecule has 3 rings (SSSR count). The van der Waals surface area contributed by atoms with Gasteiger partial charge in [-0.05, 0) is 60.7 Å². The molecular weight excluding hydrogens is 500 g/mol. The number of rotatable bonds is 11. The van der Waals surface area contributed by atoms with Crippen LogP contribution in [0.2, 0.25) is 0 Å². The largest absolute Gasteiger partial charge is 0.468 e. The summed E-state index contributed by atoms with van der Waals surface area (Å²) in [6.45, 7) is 0.182. The van der Waals surface area contributed by atoms with E-state index in [-0.39, 0.29) is 17.3 Å². The van der Waals surface area contributed by atoms with Crippen LogP contribution in [0, 0.1) is 0 Å². The normalized spacial score (nSPS) is 11.3. The van der Waals surface area contributed by atoms with E-state index in [2.05, 4.69) is 21.2 Å². The Kier molecular flexibility index (Phi) is 8.62. The first-order valence-electron chi connectivity index (χ1n) is 9.67. The third-order valence-corrected chi connectivity index (χ3v) is 7.73. The second-order valence-corrected chi connectivity index (χ2v) is 10.5. The second kappa shape index (κ2) is 11.4. The van der Waals surface area contributed by atoms with Gasteiger partial charge in [0.25, 0.3) is 10.0 Å². The quantitative estimate of drug-likeness (QED) is 0.370. The molecule has 1 aromatic heterocycles. The van der Waals surface area contributed by atoms with E-state index in [0.29, 0.717) is 12.2 Å². The molecule has 31 heavy (non-hydrogen) atoms. The molecule has 6 nitrogen and oxygen atoms in total. The summed E-state index contributed by atoms with van der Waals surface area (Å²) in [5, 5.41) is 2.82. The van der Waals surface area contributed by atoms with E-state index < -0.39 is 10.0 Å². The summed E-state index contributed by atoms with van der Waals surface area (Å²) in [5.41, 5.74) is 0.427. The van der Waals surface area contributed by atoms with Gasteiger partial charge in [-0.2, -0.15) is 11.8 Å². The average molecular weight is 523 g/mol. The van der Waals surface area contributed by atoms with Crippen LogP contribution >= 0.6 is 27.7 Å². The van der Waals surface area contributed by atoms with E-state index in [0.717, 1.165) is 32.5 Å². The van der Waals surface area contributed by atoms with Crippen molar-refractivity contribution >= 4 is 49.3 Å². The minimum absolute atomic E-state index is 0.139. The van der Waals surface area contributed by atoms with Crippen LogP contribution in [0.25, 0.3) is 0 Å². The first-order chi connectivity index (χ1) is 15.0. The van der Waals surface area contributed by atoms with Crippen molar-refractivity contribution in [2.75, 3.05) is 23.1 Å². The Morgan fingerprint density at radius 3 is 2.45 bits per heavy atom. The molecule has 0 aliphatic heterocycles. The molecular formula is C22H23BrN2O4S2. The van der Waals surface area contributed by atoms with Gasteiger partial charge in [0.05, 0.1) is 22.6 Å². The Morgan fingerprint density at radius 2 is 1.77 bits per heavy atom. The van der Waals surface area contributed by atoms with Crippen molar-refractivity contribution in [2.45, 2.75) is 17.1 Å². The van der Waals surface area contributed by atoms with Crippen LogP contribution in [0.1, 0.15) is 12.2 Å². The maximum atomic E-state index is 13.2. The van der Waals surface area contributed by atoms with Crippen molar-refractivity contribution < 1.29 is 17.6 Å². The number of hydrogen-bond acceptors (Lipinski definition) is 5. The van der Waals surface area contributed by atoms with Crippen LogP contribution < -0.4 is 9.62 Å². The number of nitrogens with one attached hydrogen (secondary N) is 1. The minimum atomic E-state index is -3.88. The van der Waals surface area contributed by atoms with Gasteiger partial charge in [0.15, 0.2) is 0 Å². The molecule has 1 heterocycles. The molecule has 0 fully saturated rings. The van der Waals surface area contributed by atoms with Gasteiger partial charge >= 0.3 is 0 Å². The van der Waals surface area contributed by atoms with Gasteiger partial charge in [-0.15, -0.1) is 0 Å². The number of nitrogens with zero attached hydrogens (tertiary/aromatic N) is 1. The van der Waals surface area contributed by atoms with E-state index in [4.69, 9.17) is 4.42 Å². The lowest BCUT2D eigenvalue weighted by molar-refractivity contribution is -0.119. The Balaban J connectivity index is 1.59. The lowest BCUT2D eigenvalue weighted by Gasteiger charge is -2.24. The molecule has 0 saturated heterocycles. The molecule has 1 N–H and O–H groups in total. The summed E-state index contributed by atoms with van der Waals surface area (Å²) in [6, 6.07) is 18.7. The van der Waals surface area contributed by atoms with Crippen molar-refractivity contribution in [1.82, 2.24) is 5.32 Å². The van der Waals surface area contributed by atoms with Gasteiger partial charge in [-0.25, -0.2) is 8.42 Å². The number of thioether (sulfide) groups is 1.